The van der Waals surface area contributed by atoms with Gasteiger partial charge in [0.15, 0.2) is 34.5 Å². The van der Waals surface area contributed by atoms with Gasteiger partial charge in [-0.25, -0.2) is 0 Å². The fraction of sp³-hybridized carbons (Fsp3) is 0.508. The minimum absolute atomic E-state index is 0.000711. The van der Waals surface area contributed by atoms with Gasteiger partial charge in [0.1, 0.15) is 12.3 Å². The Kier molecular flexibility index (Phi) is 24.8. The van der Waals surface area contributed by atoms with Crippen LogP contribution in [0.25, 0.3) is 43.4 Å². The van der Waals surface area contributed by atoms with Crippen molar-refractivity contribution < 1.29 is 57.6 Å². The van der Waals surface area contributed by atoms with Crippen molar-refractivity contribution in [2.45, 2.75) is 163 Å². The first-order valence-electron chi connectivity index (χ1n) is 30.4. The second-order valence-electron chi connectivity index (χ2n) is 21.2. The van der Waals surface area contributed by atoms with Crippen molar-refractivity contribution in [2.24, 2.45) is 5.16 Å². The summed E-state index contributed by atoms with van der Waals surface area (Å²) in [7, 11) is 0. The molecule has 0 spiro atoms. The first-order chi connectivity index (χ1) is 40.9. The number of rotatable bonds is 40. The molecule has 6 aromatic carbocycles. The summed E-state index contributed by atoms with van der Waals surface area (Å²) in [5, 5.41) is 45.5. The largest absolute Gasteiger partial charge is 0.490 e. The van der Waals surface area contributed by atoms with E-state index < -0.39 is 32.1 Å². The molecule has 0 amide bonds. The zero-order valence-corrected chi connectivity index (χ0v) is 49.6. The molecule has 0 heterocycles. The van der Waals surface area contributed by atoms with Gasteiger partial charge in [-0.3, -0.25) is 35.1 Å². The van der Waals surface area contributed by atoms with Gasteiger partial charge in [-0.05, 0) is 138 Å². The highest BCUT2D eigenvalue weighted by Gasteiger charge is 2.36. The molecule has 1 aliphatic carbocycles. The molecule has 452 valence electrons. The molecule has 0 unspecified atom stereocenters. The van der Waals surface area contributed by atoms with E-state index in [0.29, 0.717) is 63.3 Å². The quantitative estimate of drug-likeness (QED) is 0.0114. The number of nitro groups is 3. The Morgan fingerprint density at radius 3 is 1.11 bits per heavy atom. The van der Waals surface area contributed by atoms with E-state index in [4.69, 9.17) is 38.0 Å². The number of oxime groups is 1. The predicted molar refractivity (Wildman–Crippen MR) is 327 cm³/mol. The second-order valence-corrected chi connectivity index (χ2v) is 21.2. The van der Waals surface area contributed by atoms with E-state index >= 15 is 0 Å². The number of carbonyl (C=O) groups is 1. The molecule has 0 fully saturated rings. The molecule has 0 aliphatic heterocycles. The summed E-state index contributed by atoms with van der Waals surface area (Å²) in [5.74, 6) is 3.62. The average molecular weight is 1160 g/mol. The molecular formula is C65H82N4O15. The van der Waals surface area contributed by atoms with Crippen LogP contribution in [0.5, 0.6) is 34.5 Å². The third kappa shape index (κ3) is 16.9. The third-order valence-corrected chi connectivity index (χ3v) is 14.8. The third-order valence-electron chi connectivity index (χ3n) is 14.8. The highest BCUT2D eigenvalue weighted by atomic mass is 16.6. The number of esters is 1. The molecule has 0 N–H and O–H groups in total. The van der Waals surface area contributed by atoms with Crippen molar-refractivity contribution in [2.75, 3.05) is 52.9 Å². The number of hydrogen-bond donors (Lipinski definition) is 0. The molecule has 84 heavy (non-hydrogen) atoms. The predicted octanol–water partition coefficient (Wildman–Crippen LogP) is 17.0. The molecule has 7 rings (SSSR count). The Morgan fingerprint density at radius 2 is 0.750 bits per heavy atom. The Bertz CT molecular complexity index is 3200. The zero-order chi connectivity index (χ0) is 59.8. The molecule has 0 saturated heterocycles. The molecule has 6 aromatic rings. The number of benzene rings is 6. The lowest BCUT2D eigenvalue weighted by Gasteiger charge is -2.21. The number of carbonyl (C=O) groups excluding carboxylic acids is 1. The molecule has 0 saturated carbocycles. The number of unbranched alkanes of at least 4 members (excludes halogenated alkanes) is 13. The lowest BCUT2D eigenvalue weighted by atomic mass is 9.93. The van der Waals surface area contributed by atoms with Crippen molar-refractivity contribution in [1.82, 2.24) is 0 Å². The van der Waals surface area contributed by atoms with Crippen molar-refractivity contribution in [3.63, 3.8) is 0 Å². The summed E-state index contributed by atoms with van der Waals surface area (Å²) >= 11 is 0. The van der Waals surface area contributed by atoms with Crippen LogP contribution in [-0.4, -0.2) is 79.3 Å². The van der Waals surface area contributed by atoms with Gasteiger partial charge in [0.25, 0.3) is 17.1 Å². The summed E-state index contributed by atoms with van der Waals surface area (Å²) in [4.78, 5) is 51.4. The van der Waals surface area contributed by atoms with Crippen LogP contribution in [0, 0.1) is 30.3 Å². The van der Waals surface area contributed by atoms with Gasteiger partial charge in [0, 0.05) is 29.3 Å². The standard InChI is InChI=1S/C65H82N4O15/c1-6-11-18-28-77-57-39-48-49-40-58(78-29-19-12-7-2)60(80-31-21-14-9-4)42-51(49)53-44-62(61(81-32-22-15-10-5)43-52(53)50(48)41-59(57)79-30-20-13-8-3)82-33-23-16-17-24-34-83-63(70)27-35-84-66-65-54-36-45(67(71)72)25-26-47(54)64-55(65)37-46(68(73)74)38-56(64)69(75)76/h25-26,36-44H,6-24,27-35H2,1-5H3/b66-65+. The highest BCUT2D eigenvalue weighted by Crippen LogP contribution is 2.49. The van der Waals surface area contributed by atoms with Crippen LogP contribution in [0.3, 0.4) is 0 Å². The van der Waals surface area contributed by atoms with Crippen molar-refractivity contribution in [1.29, 1.82) is 0 Å². The maximum Gasteiger partial charge on any atom is 0.309 e. The summed E-state index contributed by atoms with van der Waals surface area (Å²) < 4.78 is 45.1. The van der Waals surface area contributed by atoms with Gasteiger partial charge < -0.3 is 38.0 Å². The van der Waals surface area contributed by atoms with Crippen molar-refractivity contribution in [3.05, 3.63) is 108 Å². The fourth-order valence-electron chi connectivity index (χ4n) is 10.2. The maximum absolute atomic E-state index is 12.8. The average Bonchev–Trinajstić information content (AvgIpc) is 1.20. The van der Waals surface area contributed by atoms with Gasteiger partial charge in [-0.1, -0.05) is 104 Å². The SMILES string of the molecule is CCCCCOc1cc2c3cc(OCCCCC)c(OCCCCC)cc3c3cc(OCCCCCCOC(=O)CCO/N=C4\c5cc([N+](=O)[O-])ccc5-c5c4cc([N+](=O)[O-])cc5[N+](=O)[O-])c(OCCCCC)cc3c2cc1OCCCCC. The van der Waals surface area contributed by atoms with Crippen LogP contribution in [0.15, 0.2) is 71.9 Å². The highest BCUT2D eigenvalue weighted by molar-refractivity contribution is 6.27. The van der Waals surface area contributed by atoms with Crippen LogP contribution in [0.1, 0.15) is 174 Å². The second kappa shape index (κ2) is 32.8. The molecule has 0 atom stereocenters. The molecule has 0 bridgehead atoms. The fourth-order valence-corrected chi connectivity index (χ4v) is 10.2. The maximum atomic E-state index is 12.8. The van der Waals surface area contributed by atoms with E-state index in [1.165, 1.54) is 18.2 Å². The molecule has 1 aliphatic rings. The topological polar surface area (TPSA) is 233 Å². The summed E-state index contributed by atoms with van der Waals surface area (Å²) in [5.41, 5.74) is -1.16. The number of ether oxygens (including phenoxy) is 7. The van der Waals surface area contributed by atoms with E-state index in [-0.39, 0.29) is 53.3 Å². The van der Waals surface area contributed by atoms with Crippen LogP contribution in [0.4, 0.5) is 17.1 Å². The Hall–Kier alpha value is -7.96. The number of nitro benzene ring substituents is 3. The van der Waals surface area contributed by atoms with E-state index in [2.05, 4.69) is 76.2 Å². The van der Waals surface area contributed by atoms with Crippen LogP contribution < -0.4 is 28.4 Å². The van der Waals surface area contributed by atoms with E-state index in [1.807, 2.05) is 0 Å². The minimum atomic E-state index is -0.778. The van der Waals surface area contributed by atoms with Crippen LogP contribution >= 0.6 is 0 Å². The Morgan fingerprint density at radius 1 is 0.393 bits per heavy atom. The van der Waals surface area contributed by atoms with Gasteiger partial charge in [-0.15, -0.1) is 0 Å². The van der Waals surface area contributed by atoms with Crippen LogP contribution in [-0.2, 0) is 14.4 Å². The molecule has 19 heteroatoms. The molecular weight excluding hydrogens is 1080 g/mol. The molecule has 0 aromatic heterocycles. The van der Waals surface area contributed by atoms with Gasteiger partial charge in [-0.2, -0.15) is 0 Å². The monoisotopic (exact) mass is 1160 g/mol. The van der Waals surface area contributed by atoms with E-state index in [0.717, 1.165) is 177 Å². The Balaban J connectivity index is 1.07. The summed E-state index contributed by atoms with van der Waals surface area (Å²) in [6.07, 6.45) is 18.1. The van der Waals surface area contributed by atoms with Crippen molar-refractivity contribution >= 4 is 61.1 Å². The number of nitrogens with zero attached hydrogens (tertiary/aromatic N) is 4. The van der Waals surface area contributed by atoms with Gasteiger partial charge >= 0.3 is 5.97 Å². The normalized spacial score (nSPS) is 12.1. The lowest BCUT2D eigenvalue weighted by Crippen LogP contribution is -2.09. The molecule has 19 nitrogen and oxygen atoms in total. The minimum Gasteiger partial charge on any atom is -0.490 e. The van der Waals surface area contributed by atoms with Gasteiger partial charge in [0.05, 0.1) is 79.1 Å². The number of hydrogen-bond acceptors (Lipinski definition) is 16. The van der Waals surface area contributed by atoms with Crippen LogP contribution in [0.2, 0.25) is 0 Å². The summed E-state index contributed by atoms with van der Waals surface area (Å²) in [6, 6.07) is 18.4. The Labute approximate surface area is 491 Å². The first kappa shape index (κ1) is 63.6. The number of non-ortho nitro benzene ring substituents is 2. The summed E-state index contributed by atoms with van der Waals surface area (Å²) in [6.45, 7) is 14.1. The number of fused-ring (bicyclic) bond motifs is 9. The smallest absolute Gasteiger partial charge is 0.309 e. The van der Waals surface area contributed by atoms with Gasteiger partial charge in [0.2, 0.25) is 0 Å². The molecule has 0 radical (unpaired) electrons. The first-order valence-corrected chi connectivity index (χ1v) is 30.4. The van der Waals surface area contributed by atoms with Crippen molar-refractivity contribution in [3.8, 4) is 45.6 Å². The zero-order valence-electron chi connectivity index (χ0n) is 49.6. The van der Waals surface area contributed by atoms with E-state index in [1.54, 1.807) is 0 Å². The lowest BCUT2D eigenvalue weighted by molar-refractivity contribution is -0.393. The van der Waals surface area contributed by atoms with E-state index in [9.17, 15) is 35.1 Å².